The summed E-state index contributed by atoms with van der Waals surface area (Å²) >= 11 is 0. The molecule has 0 saturated carbocycles. The smallest absolute Gasteiger partial charge is 0.292 e. The van der Waals surface area contributed by atoms with Gasteiger partial charge in [0.25, 0.3) is 11.6 Å². The van der Waals surface area contributed by atoms with Gasteiger partial charge in [0.1, 0.15) is 5.69 Å². The first-order valence-electron chi connectivity index (χ1n) is 6.54. The van der Waals surface area contributed by atoms with Crippen LogP contribution in [-0.2, 0) is 0 Å². The Hall–Kier alpha value is -2.15. The molecule has 1 aliphatic rings. The number of nitro benzene ring substituents is 1. The minimum Gasteiger partial charge on any atom is -0.366 e. The van der Waals surface area contributed by atoms with Gasteiger partial charge in [0.15, 0.2) is 0 Å². The van der Waals surface area contributed by atoms with Crippen LogP contribution in [0.15, 0.2) is 18.2 Å². The summed E-state index contributed by atoms with van der Waals surface area (Å²) in [6, 6.07) is 4.57. The Kier molecular flexibility index (Phi) is 4.19. The molecular formula is C13H18N4O3. The molecule has 7 heteroatoms. The molecule has 1 heterocycles. The van der Waals surface area contributed by atoms with Crippen molar-refractivity contribution < 1.29 is 9.72 Å². The van der Waals surface area contributed by atoms with E-state index in [4.69, 9.17) is 5.73 Å². The number of hydrogen-bond donors (Lipinski definition) is 2. The zero-order chi connectivity index (χ0) is 14.7. The highest BCUT2D eigenvalue weighted by atomic mass is 16.6. The van der Waals surface area contributed by atoms with Crippen molar-refractivity contribution in [2.75, 3.05) is 25.0 Å². The lowest BCUT2D eigenvalue weighted by atomic mass is 10.0. The number of nitrogens with one attached hydrogen (secondary N) is 1. The van der Waals surface area contributed by atoms with Crippen LogP contribution in [0, 0.1) is 10.1 Å². The SMILES string of the molecule is CNC(=O)c1ccc([N+](=O)[O-])c(N2CCC(N)CC2)c1. The van der Waals surface area contributed by atoms with Gasteiger partial charge in [-0.1, -0.05) is 0 Å². The second kappa shape index (κ2) is 5.87. The Bertz CT molecular complexity index is 524. The molecule has 0 aliphatic carbocycles. The van der Waals surface area contributed by atoms with Gasteiger partial charge in [-0.3, -0.25) is 14.9 Å². The Labute approximate surface area is 116 Å². The molecule has 0 bridgehead atoms. The molecule has 2 rings (SSSR count). The summed E-state index contributed by atoms with van der Waals surface area (Å²) in [5, 5.41) is 13.7. The molecule has 3 N–H and O–H groups in total. The zero-order valence-corrected chi connectivity index (χ0v) is 11.3. The van der Waals surface area contributed by atoms with E-state index in [1.807, 2.05) is 4.90 Å². The number of nitrogens with zero attached hydrogens (tertiary/aromatic N) is 2. The zero-order valence-electron chi connectivity index (χ0n) is 11.3. The van der Waals surface area contributed by atoms with Crippen LogP contribution in [0.25, 0.3) is 0 Å². The third kappa shape index (κ3) is 2.88. The van der Waals surface area contributed by atoms with Crippen molar-refractivity contribution in [3.63, 3.8) is 0 Å². The molecule has 0 unspecified atom stereocenters. The summed E-state index contributed by atoms with van der Waals surface area (Å²) in [7, 11) is 1.53. The molecule has 0 atom stereocenters. The lowest BCUT2D eigenvalue weighted by Gasteiger charge is -2.31. The molecule has 20 heavy (non-hydrogen) atoms. The van der Waals surface area contributed by atoms with Crippen LogP contribution in [0.2, 0.25) is 0 Å². The molecule has 1 aromatic rings. The maximum absolute atomic E-state index is 11.7. The fourth-order valence-electron chi connectivity index (χ4n) is 2.36. The van der Waals surface area contributed by atoms with Crippen molar-refractivity contribution in [1.82, 2.24) is 5.32 Å². The van der Waals surface area contributed by atoms with Crippen LogP contribution in [0.5, 0.6) is 0 Å². The van der Waals surface area contributed by atoms with Crippen molar-refractivity contribution in [3.05, 3.63) is 33.9 Å². The minimum atomic E-state index is -0.419. The van der Waals surface area contributed by atoms with Gasteiger partial charge < -0.3 is 16.0 Å². The standard InChI is InChI=1S/C13H18N4O3/c1-15-13(18)9-2-3-11(17(19)20)12(8-9)16-6-4-10(14)5-7-16/h2-3,8,10H,4-7,14H2,1H3,(H,15,18). The Morgan fingerprint density at radius 2 is 2.10 bits per heavy atom. The van der Waals surface area contributed by atoms with Gasteiger partial charge in [0, 0.05) is 37.8 Å². The van der Waals surface area contributed by atoms with Gasteiger partial charge in [-0.05, 0) is 25.0 Å². The van der Waals surface area contributed by atoms with Crippen molar-refractivity contribution in [2.45, 2.75) is 18.9 Å². The van der Waals surface area contributed by atoms with Crippen LogP contribution >= 0.6 is 0 Å². The van der Waals surface area contributed by atoms with Crippen LogP contribution in [0.4, 0.5) is 11.4 Å². The van der Waals surface area contributed by atoms with Gasteiger partial charge in [-0.25, -0.2) is 0 Å². The molecule has 0 aromatic heterocycles. The molecular weight excluding hydrogens is 260 g/mol. The van der Waals surface area contributed by atoms with Crippen LogP contribution in [-0.4, -0.2) is 37.0 Å². The predicted molar refractivity (Wildman–Crippen MR) is 75.9 cm³/mol. The number of carbonyl (C=O) groups excluding carboxylic acids is 1. The summed E-state index contributed by atoms with van der Waals surface area (Å²) in [5.74, 6) is -0.255. The van der Waals surface area contributed by atoms with E-state index in [1.54, 1.807) is 6.07 Å². The molecule has 1 amide bonds. The first-order chi connectivity index (χ1) is 9.52. The fraction of sp³-hybridized carbons (Fsp3) is 0.462. The Morgan fingerprint density at radius 1 is 1.45 bits per heavy atom. The number of amides is 1. The van der Waals surface area contributed by atoms with E-state index in [0.717, 1.165) is 12.8 Å². The second-order valence-corrected chi connectivity index (χ2v) is 4.86. The molecule has 0 radical (unpaired) electrons. The molecule has 1 saturated heterocycles. The Balaban J connectivity index is 2.36. The molecule has 7 nitrogen and oxygen atoms in total. The summed E-state index contributed by atoms with van der Waals surface area (Å²) < 4.78 is 0. The topological polar surface area (TPSA) is 101 Å². The van der Waals surface area contributed by atoms with Gasteiger partial charge in [0.2, 0.25) is 0 Å². The number of nitro groups is 1. The number of rotatable bonds is 3. The number of piperidine rings is 1. The number of nitrogens with two attached hydrogens (primary N) is 1. The number of carbonyl (C=O) groups is 1. The van der Waals surface area contributed by atoms with Gasteiger partial charge in [0.05, 0.1) is 4.92 Å². The molecule has 1 fully saturated rings. The number of anilines is 1. The van der Waals surface area contributed by atoms with Crippen molar-refractivity contribution in [1.29, 1.82) is 0 Å². The van der Waals surface area contributed by atoms with Crippen molar-refractivity contribution in [3.8, 4) is 0 Å². The average molecular weight is 278 g/mol. The van der Waals surface area contributed by atoms with Crippen LogP contribution in [0.3, 0.4) is 0 Å². The van der Waals surface area contributed by atoms with Crippen LogP contribution < -0.4 is 16.0 Å². The third-order valence-corrected chi connectivity index (χ3v) is 3.54. The van der Waals surface area contributed by atoms with E-state index < -0.39 is 4.92 Å². The van der Waals surface area contributed by atoms with Gasteiger partial charge in [-0.2, -0.15) is 0 Å². The predicted octanol–water partition coefficient (Wildman–Crippen LogP) is 0.882. The van der Waals surface area contributed by atoms with E-state index in [1.165, 1.54) is 19.2 Å². The summed E-state index contributed by atoms with van der Waals surface area (Å²) in [5.41, 5.74) is 6.78. The highest BCUT2D eigenvalue weighted by molar-refractivity contribution is 5.95. The van der Waals surface area contributed by atoms with Gasteiger partial charge >= 0.3 is 0 Å². The van der Waals surface area contributed by atoms with E-state index >= 15 is 0 Å². The fourth-order valence-corrected chi connectivity index (χ4v) is 2.36. The molecule has 0 spiro atoms. The average Bonchev–Trinajstić information content (AvgIpc) is 2.46. The van der Waals surface area contributed by atoms with Crippen molar-refractivity contribution >= 4 is 17.3 Å². The third-order valence-electron chi connectivity index (χ3n) is 3.54. The van der Waals surface area contributed by atoms with Gasteiger partial charge in [-0.15, -0.1) is 0 Å². The second-order valence-electron chi connectivity index (χ2n) is 4.86. The van der Waals surface area contributed by atoms with E-state index in [2.05, 4.69) is 5.32 Å². The molecule has 1 aromatic carbocycles. The number of benzene rings is 1. The normalized spacial score (nSPS) is 16.0. The van der Waals surface area contributed by atoms with E-state index in [9.17, 15) is 14.9 Å². The first-order valence-corrected chi connectivity index (χ1v) is 6.54. The summed E-state index contributed by atoms with van der Waals surface area (Å²) in [4.78, 5) is 24.3. The summed E-state index contributed by atoms with van der Waals surface area (Å²) in [6.07, 6.45) is 1.59. The van der Waals surface area contributed by atoms with Crippen molar-refractivity contribution in [2.24, 2.45) is 5.73 Å². The summed E-state index contributed by atoms with van der Waals surface area (Å²) in [6.45, 7) is 1.33. The highest BCUT2D eigenvalue weighted by Crippen LogP contribution is 2.31. The first kappa shape index (κ1) is 14.3. The minimum absolute atomic E-state index is 0.0214. The van der Waals surface area contributed by atoms with E-state index in [0.29, 0.717) is 24.3 Å². The van der Waals surface area contributed by atoms with Crippen LogP contribution in [0.1, 0.15) is 23.2 Å². The monoisotopic (exact) mass is 278 g/mol. The maximum Gasteiger partial charge on any atom is 0.292 e. The van der Waals surface area contributed by atoms with E-state index in [-0.39, 0.29) is 17.6 Å². The lowest BCUT2D eigenvalue weighted by molar-refractivity contribution is -0.384. The quantitative estimate of drug-likeness (QED) is 0.631. The highest BCUT2D eigenvalue weighted by Gasteiger charge is 2.24. The largest absolute Gasteiger partial charge is 0.366 e. The maximum atomic E-state index is 11.7. The molecule has 108 valence electrons. The number of hydrogen-bond acceptors (Lipinski definition) is 5. The Morgan fingerprint density at radius 3 is 2.65 bits per heavy atom. The lowest BCUT2D eigenvalue weighted by Crippen LogP contribution is -2.40. The molecule has 1 aliphatic heterocycles.